The van der Waals surface area contributed by atoms with E-state index < -0.39 is 6.04 Å². The summed E-state index contributed by atoms with van der Waals surface area (Å²) in [5.74, 6) is 0.720. The summed E-state index contributed by atoms with van der Waals surface area (Å²) in [7, 11) is 0. The number of amides is 2. The molecule has 2 aliphatic rings. The third kappa shape index (κ3) is 2.82. The van der Waals surface area contributed by atoms with Crippen LogP contribution in [0.1, 0.15) is 61.3 Å². The Morgan fingerprint density at radius 1 is 1.10 bits per heavy atom. The van der Waals surface area contributed by atoms with Crippen molar-refractivity contribution in [3.8, 4) is 0 Å². The van der Waals surface area contributed by atoms with Gasteiger partial charge in [0, 0.05) is 5.54 Å². The second kappa shape index (κ2) is 4.99. The van der Waals surface area contributed by atoms with E-state index in [1.54, 1.807) is 0 Å². The molecule has 0 radical (unpaired) electrons. The van der Waals surface area contributed by atoms with Crippen LogP contribution in [0, 0.1) is 17.3 Å². The molecule has 0 bridgehead atoms. The third-order valence-corrected chi connectivity index (χ3v) is 5.01. The molecule has 1 aliphatic heterocycles. The van der Waals surface area contributed by atoms with E-state index in [-0.39, 0.29) is 34.7 Å². The largest absolute Gasteiger partial charge is 0.342 e. The molecule has 21 heavy (non-hydrogen) atoms. The molecule has 2 fully saturated rings. The average Bonchev–Trinajstić information content (AvgIpc) is 3.12. The Balaban J connectivity index is 2.42. The second-order valence-corrected chi connectivity index (χ2v) is 8.63. The number of nitrogens with zero attached hydrogens (tertiary/aromatic N) is 1. The van der Waals surface area contributed by atoms with Gasteiger partial charge in [0.1, 0.15) is 12.1 Å². The molecule has 0 aromatic carbocycles. The zero-order chi connectivity index (χ0) is 16.2. The lowest BCUT2D eigenvalue weighted by atomic mass is 9.80. The van der Waals surface area contributed by atoms with Crippen molar-refractivity contribution in [2.24, 2.45) is 17.3 Å². The monoisotopic (exact) mass is 294 g/mol. The molecule has 2 unspecified atom stereocenters. The van der Waals surface area contributed by atoms with Gasteiger partial charge in [-0.1, -0.05) is 34.6 Å². The summed E-state index contributed by atoms with van der Waals surface area (Å²) in [4.78, 5) is 27.7. The van der Waals surface area contributed by atoms with E-state index in [0.717, 1.165) is 12.8 Å². The highest BCUT2D eigenvalue weighted by molar-refractivity contribution is 5.98. The molecule has 1 saturated carbocycles. The standard InChI is InChI=1S/C17H30N2O2/c1-10(2)12-14(20)18-13(16(3,4)5)15(21)19(12)17(6,7)11-8-9-11/h10-13H,8-9H2,1-7H3,(H,18,20). The molecule has 0 aromatic rings. The summed E-state index contributed by atoms with van der Waals surface area (Å²) < 4.78 is 0. The Bertz CT molecular complexity index is 444. The molecular weight excluding hydrogens is 264 g/mol. The summed E-state index contributed by atoms with van der Waals surface area (Å²) in [6, 6.07) is -0.787. The van der Waals surface area contributed by atoms with Crippen molar-refractivity contribution in [1.29, 1.82) is 0 Å². The zero-order valence-electron chi connectivity index (χ0n) is 14.5. The first kappa shape index (κ1) is 16.3. The van der Waals surface area contributed by atoms with Crippen molar-refractivity contribution >= 4 is 11.8 Å². The molecule has 4 heteroatoms. The van der Waals surface area contributed by atoms with E-state index in [4.69, 9.17) is 0 Å². The normalized spacial score (nSPS) is 28.1. The van der Waals surface area contributed by atoms with Gasteiger partial charge in [-0.3, -0.25) is 9.59 Å². The lowest BCUT2D eigenvalue weighted by molar-refractivity contribution is -0.162. The Morgan fingerprint density at radius 3 is 2.00 bits per heavy atom. The van der Waals surface area contributed by atoms with Gasteiger partial charge in [0.15, 0.2) is 0 Å². The molecule has 2 amide bonds. The number of carbonyl (C=O) groups excluding carboxylic acids is 2. The van der Waals surface area contributed by atoms with E-state index in [2.05, 4.69) is 19.2 Å². The Morgan fingerprint density at radius 2 is 1.62 bits per heavy atom. The molecule has 120 valence electrons. The molecule has 1 heterocycles. The third-order valence-electron chi connectivity index (χ3n) is 5.01. The zero-order valence-corrected chi connectivity index (χ0v) is 14.5. The number of nitrogens with one attached hydrogen (secondary N) is 1. The molecule has 1 N–H and O–H groups in total. The quantitative estimate of drug-likeness (QED) is 0.869. The van der Waals surface area contributed by atoms with Gasteiger partial charge in [0.2, 0.25) is 11.8 Å². The van der Waals surface area contributed by atoms with Crippen LogP contribution in [0.4, 0.5) is 0 Å². The van der Waals surface area contributed by atoms with Crippen molar-refractivity contribution in [3.63, 3.8) is 0 Å². The highest BCUT2D eigenvalue weighted by atomic mass is 16.2. The van der Waals surface area contributed by atoms with E-state index in [0.29, 0.717) is 5.92 Å². The van der Waals surface area contributed by atoms with Gasteiger partial charge in [-0.25, -0.2) is 0 Å². The molecule has 2 rings (SSSR count). The summed E-state index contributed by atoms with van der Waals surface area (Å²) >= 11 is 0. The summed E-state index contributed by atoms with van der Waals surface area (Å²) in [6.07, 6.45) is 2.31. The van der Waals surface area contributed by atoms with Crippen LogP contribution in [0.3, 0.4) is 0 Å². The summed E-state index contributed by atoms with van der Waals surface area (Å²) in [5.41, 5.74) is -0.514. The van der Waals surface area contributed by atoms with Gasteiger partial charge in [0.05, 0.1) is 0 Å². The van der Waals surface area contributed by atoms with Gasteiger partial charge < -0.3 is 10.2 Å². The number of hydrogen-bond donors (Lipinski definition) is 1. The van der Waals surface area contributed by atoms with Crippen LogP contribution < -0.4 is 5.32 Å². The number of piperazine rings is 1. The van der Waals surface area contributed by atoms with E-state index >= 15 is 0 Å². The van der Waals surface area contributed by atoms with Crippen molar-refractivity contribution in [2.45, 2.75) is 78.9 Å². The highest BCUT2D eigenvalue weighted by Gasteiger charge is 2.54. The molecular formula is C17H30N2O2. The fourth-order valence-electron chi connectivity index (χ4n) is 3.50. The second-order valence-electron chi connectivity index (χ2n) is 8.63. The SMILES string of the molecule is CC(C)C1C(=O)NC(C(C)(C)C)C(=O)N1C(C)(C)C1CC1. The van der Waals surface area contributed by atoms with Gasteiger partial charge >= 0.3 is 0 Å². The van der Waals surface area contributed by atoms with Gasteiger partial charge in [-0.15, -0.1) is 0 Å². The Labute approximate surface area is 128 Å². The minimum atomic E-state index is -0.432. The minimum Gasteiger partial charge on any atom is -0.342 e. The maximum absolute atomic E-state index is 13.1. The van der Waals surface area contributed by atoms with Crippen molar-refractivity contribution < 1.29 is 9.59 Å². The van der Waals surface area contributed by atoms with E-state index in [9.17, 15) is 9.59 Å². The topological polar surface area (TPSA) is 49.4 Å². The van der Waals surface area contributed by atoms with Crippen LogP contribution in [-0.4, -0.2) is 34.3 Å². The molecule has 2 atom stereocenters. The number of rotatable bonds is 3. The molecule has 1 aliphatic carbocycles. The average molecular weight is 294 g/mol. The smallest absolute Gasteiger partial charge is 0.246 e. The minimum absolute atomic E-state index is 0.00162. The van der Waals surface area contributed by atoms with Crippen molar-refractivity contribution in [1.82, 2.24) is 10.2 Å². The fraction of sp³-hybridized carbons (Fsp3) is 0.882. The lowest BCUT2D eigenvalue weighted by Gasteiger charge is -2.51. The predicted octanol–water partition coefficient (Wildman–Crippen LogP) is 2.57. The molecule has 1 saturated heterocycles. The Hall–Kier alpha value is -1.06. The summed E-state index contributed by atoms with van der Waals surface area (Å²) in [6.45, 7) is 14.3. The molecule has 0 spiro atoms. The van der Waals surface area contributed by atoms with Gasteiger partial charge in [-0.05, 0) is 43.9 Å². The molecule has 0 aromatic heterocycles. The van der Waals surface area contributed by atoms with Crippen LogP contribution >= 0.6 is 0 Å². The van der Waals surface area contributed by atoms with Crippen LogP contribution in [-0.2, 0) is 9.59 Å². The van der Waals surface area contributed by atoms with Crippen LogP contribution in [0.2, 0.25) is 0 Å². The van der Waals surface area contributed by atoms with Crippen molar-refractivity contribution in [2.75, 3.05) is 0 Å². The number of carbonyl (C=O) groups is 2. The molecule has 4 nitrogen and oxygen atoms in total. The van der Waals surface area contributed by atoms with Crippen LogP contribution in [0.15, 0.2) is 0 Å². The lowest BCUT2D eigenvalue weighted by Crippen LogP contribution is -2.72. The van der Waals surface area contributed by atoms with Gasteiger partial charge in [0.25, 0.3) is 0 Å². The van der Waals surface area contributed by atoms with E-state index in [1.165, 1.54) is 0 Å². The van der Waals surface area contributed by atoms with Crippen LogP contribution in [0.25, 0.3) is 0 Å². The maximum atomic E-state index is 13.1. The summed E-state index contributed by atoms with van der Waals surface area (Å²) in [5, 5.41) is 2.97. The fourth-order valence-corrected chi connectivity index (χ4v) is 3.50. The van der Waals surface area contributed by atoms with E-state index in [1.807, 2.05) is 39.5 Å². The first-order chi connectivity index (χ1) is 9.48. The predicted molar refractivity (Wildman–Crippen MR) is 83.7 cm³/mol. The maximum Gasteiger partial charge on any atom is 0.246 e. The number of hydrogen-bond acceptors (Lipinski definition) is 2. The van der Waals surface area contributed by atoms with Gasteiger partial charge in [-0.2, -0.15) is 0 Å². The Kier molecular flexibility index (Phi) is 3.88. The van der Waals surface area contributed by atoms with Crippen LogP contribution in [0.5, 0.6) is 0 Å². The first-order valence-electron chi connectivity index (χ1n) is 8.11. The van der Waals surface area contributed by atoms with Crippen molar-refractivity contribution in [3.05, 3.63) is 0 Å². The highest BCUT2D eigenvalue weighted by Crippen LogP contribution is 2.45. The first-order valence-corrected chi connectivity index (χ1v) is 8.11.